The van der Waals surface area contributed by atoms with E-state index in [0.29, 0.717) is 16.5 Å². The van der Waals surface area contributed by atoms with Crippen molar-refractivity contribution in [3.8, 4) is 0 Å². The van der Waals surface area contributed by atoms with Gasteiger partial charge in [-0.1, -0.05) is 29.8 Å². The molecule has 0 aliphatic heterocycles. The molecule has 0 fully saturated rings. The molecule has 1 atom stereocenters. The minimum atomic E-state index is -0.431. The van der Waals surface area contributed by atoms with Gasteiger partial charge in [0.05, 0.1) is 9.50 Å². The summed E-state index contributed by atoms with van der Waals surface area (Å²) in [5.74, 6) is -0.744. The van der Waals surface area contributed by atoms with E-state index in [-0.39, 0.29) is 16.9 Å². The average Bonchev–Trinajstić information content (AvgIpc) is 2.44. The third-order valence-electron chi connectivity index (χ3n) is 3.15. The molecular weight excluding hydrogens is 348 g/mol. The highest BCUT2D eigenvalue weighted by Gasteiger charge is 2.15. The summed E-state index contributed by atoms with van der Waals surface area (Å²) >= 11 is 9.13. The molecular formula is C15H13BrClF2N. The van der Waals surface area contributed by atoms with Crippen LogP contribution in [0.25, 0.3) is 0 Å². The predicted molar refractivity (Wildman–Crippen MR) is 81.0 cm³/mol. The minimum absolute atomic E-state index is 0.0776. The van der Waals surface area contributed by atoms with Crippen LogP contribution >= 0.6 is 27.5 Å². The second-order valence-electron chi connectivity index (χ2n) is 4.43. The highest BCUT2D eigenvalue weighted by Crippen LogP contribution is 2.27. The molecule has 0 aliphatic rings. The summed E-state index contributed by atoms with van der Waals surface area (Å²) in [7, 11) is 1.80. The smallest absolute Gasteiger partial charge is 0.142 e. The van der Waals surface area contributed by atoms with Gasteiger partial charge in [-0.25, -0.2) is 8.78 Å². The SMILES string of the molecule is CNC(Cc1cccc(F)c1Cl)c1ccc(F)c(Br)c1. The zero-order valence-electron chi connectivity index (χ0n) is 10.8. The first-order valence-corrected chi connectivity index (χ1v) is 7.25. The van der Waals surface area contributed by atoms with Crippen molar-refractivity contribution in [1.82, 2.24) is 5.32 Å². The normalized spacial score (nSPS) is 12.4. The van der Waals surface area contributed by atoms with Gasteiger partial charge in [-0.2, -0.15) is 0 Å². The van der Waals surface area contributed by atoms with Gasteiger partial charge in [0.1, 0.15) is 11.6 Å². The zero-order chi connectivity index (χ0) is 14.7. The van der Waals surface area contributed by atoms with Crippen LogP contribution in [0.15, 0.2) is 40.9 Å². The van der Waals surface area contributed by atoms with E-state index in [0.717, 1.165) is 5.56 Å². The monoisotopic (exact) mass is 359 g/mol. The first kappa shape index (κ1) is 15.4. The lowest BCUT2D eigenvalue weighted by atomic mass is 9.99. The average molecular weight is 361 g/mol. The highest BCUT2D eigenvalue weighted by atomic mass is 79.9. The molecule has 0 amide bonds. The summed E-state index contributed by atoms with van der Waals surface area (Å²) in [5, 5.41) is 3.27. The van der Waals surface area contributed by atoms with Gasteiger partial charge in [0, 0.05) is 6.04 Å². The maximum absolute atomic E-state index is 13.4. The van der Waals surface area contributed by atoms with E-state index in [9.17, 15) is 8.78 Å². The maximum atomic E-state index is 13.4. The van der Waals surface area contributed by atoms with Crippen molar-refractivity contribution in [1.29, 1.82) is 0 Å². The molecule has 106 valence electrons. The molecule has 0 aromatic heterocycles. The maximum Gasteiger partial charge on any atom is 0.142 e. The molecule has 0 heterocycles. The van der Waals surface area contributed by atoms with E-state index in [2.05, 4.69) is 21.2 Å². The Bertz CT molecular complexity index is 619. The fourth-order valence-electron chi connectivity index (χ4n) is 2.04. The van der Waals surface area contributed by atoms with Gasteiger partial charge < -0.3 is 5.32 Å². The Morgan fingerprint density at radius 3 is 2.60 bits per heavy atom. The molecule has 1 nitrogen and oxygen atoms in total. The summed E-state index contributed by atoms with van der Waals surface area (Å²) in [6.45, 7) is 0. The van der Waals surface area contributed by atoms with E-state index < -0.39 is 5.82 Å². The number of hydrogen-bond acceptors (Lipinski definition) is 1. The van der Waals surface area contributed by atoms with Crippen molar-refractivity contribution >= 4 is 27.5 Å². The van der Waals surface area contributed by atoms with Crippen LogP contribution in [0.2, 0.25) is 5.02 Å². The first-order valence-electron chi connectivity index (χ1n) is 6.08. The largest absolute Gasteiger partial charge is 0.313 e. The lowest BCUT2D eigenvalue weighted by Crippen LogP contribution is -2.19. The van der Waals surface area contributed by atoms with Crippen LogP contribution in [0.5, 0.6) is 0 Å². The third kappa shape index (κ3) is 3.37. The molecule has 0 saturated heterocycles. The van der Waals surface area contributed by atoms with Crippen LogP contribution in [0, 0.1) is 11.6 Å². The number of rotatable bonds is 4. The second-order valence-corrected chi connectivity index (χ2v) is 5.66. The quantitative estimate of drug-likeness (QED) is 0.819. The third-order valence-corrected chi connectivity index (χ3v) is 4.18. The van der Waals surface area contributed by atoms with Gasteiger partial charge >= 0.3 is 0 Å². The molecule has 5 heteroatoms. The molecule has 0 aliphatic carbocycles. The topological polar surface area (TPSA) is 12.0 Å². The van der Waals surface area contributed by atoms with Crippen molar-refractivity contribution in [2.24, 2.45) is 0 Å². The Balaban J connectivity index is 2.28. The van der Waals surface area contributed by atoms with Gasteiger partial charge in [-0.05, 0) is 58.7 Å². The Morgan fingerprint density at radius 2 is 1.95 bits per heavy atom. The minimum Gasteiger partial charge on any atom is -0.313 e. The number of benzene rings is 2. The summed E-state index contributed by atoms with van der Waals surface area (Å²) in [5.41, 5.74) is 1.62. The van der Waals surface area contributed by atoms with Crippen molar-refractivity contribution in [3.05, 3.63) is 68.7 Å². The van der Waals surface area contributed by atoms with E-state index in [1.165, 1.54) is 12.1 Å². The molecule has 1 unspecified atom stereocenters. The Kier molecular flexibility index (Phi) is 5.13. The van der Waals surface area contributed by atoms with Crippen LogP contribution < -0.4 is 5.32 Å². The Morgan fingerprint density at radius 1 is 1.20 bits per heavy atom. The second kappa shape index (κ2) is 6.66. The van der Waals surface area contributed by atoms with Gasteiger partial charge in [0.25, 0.3) is 0 Å². The lowest BCUT2D eigenvalue weighted by Gasteiger charge is -2.18. The summed E-state index contributed by atoms with van der Waals surface area (Å²) in [6, 6.07) is 9.48. The van der Waals surface area contributed by atoms with Crippen LogP contribution in [0.3, 0.4) is 0 Å². The molecule has 0 saturated carbocycles. The molecule has 2 aromatic rings. The molecule has 0 bridgehead atoms. The van der Waals surface area contributed by atoms with Crippen molar-refractivity contribution in [2.75, 3.05) is 7.05 Å². The van der Waals surface area contributed by atoms with Gasteiger partial charge in [-0.3, -0.25) is 0 Å². The van der Waals surface area contributed by atoms with Gasteiger partial charge in [-0.15, -0.1) is 0 Å². The van der Waals surface area contributed by atoms with Crippen LogP contribution in [-0.4, -0.2) is 7.05 Å². The number of hydrogen-bond donors (Lipinski definition) is 1. The highest BCUT2D eigenvalue weighted by molar-refractivity contribution is 9.10. The lowest BCUT2D eigenvalue weighted by molar-refractivity contribution is 0.578. The predicted octanol–water partition coefficient (Wildman–Crippen LogP) is 4.88. The van der Waals surface area contributed by atoms with Crippen LogP contribution in [0.1, 0.15) is 17.2 Å². The molecule has 20 heavy (non-hydrogen) atoms. The van der Waals surface area contributed by atoms with Crippen molar-refractivity contribution < 1.29 is 8.78 Å². The van der Waals surface area contributed by atoms with Crippen LogP contribution in [0.4, 0.5) is 8.78 Å². The summed E-state index contributed by atoms with van der Waals surface area (Å²) in [4.78, 5) is 0. The van der Waals surface area contributed by atoms with E-state index in [1.54, 1.807) is 31.3 Å². The first-order chi connectivity index (χ1) is 9.52. The standard InChI is InChI=1S/C15H13BrClF2N/c1-20-14(9-5-6-12(18)11(16)7-9)8-10-3-2-4-13(19)15(10)17/h2-7,14,20H,8H2,1H3. The van der Waals surface area contributed by atoms with Gasteiger partial charge in [0.2, 0.25) is 0 Å². The molecule has 0 spiro atoms. The Labute approximate surface area is 130 Å². The molecule has 1 N–H and O–H groups in total. The number of nitrogens with one attached hydrogen (secondary N) is 1. The van der Waals surface area contributed by atoms with Gasteiger partial charge in [0.15, 0.2) is 0 Å². The molecule has 2 rings (SSSR count). The van der Waals surface area contributed by atoms with Crippen molar-refractivity contribution in [3.63, 3.8) is 0 Å². The number of likely N-dealkylation sites (N-methyl/N-ethyl adjacent to an activating group) is 1. The molecule has 0 radical (unpaired) electrons. The number of halogens is 4. The summed E-state index contributed by atoms with van der Waals surface area (Å²) < 4.78 is 27.1. The Hall–Kier alpha value is -0.970. The zero-order valence-corrected chi connectivity index (χ0v) is 13.1. The van der Waals surface area contributed by atoms with Crippen molar-refractivity contribution in [2.45, 2.75) is 12.5 Å². The van der Waals surface area contributed by atoms with E-state index in [1.807, 2.05) is 0 Å². The fourth-order valence-corrected chi connectivity index (χ4v) is 2.64. The van der Waals surface area contributed by atoms with Crippen LogP contribution in [-0.2, 0) is 6.42 Å². The fraction of sp³-hybridized carbons (Fsp3) is 0.200. The van der Waals surface area contributed by atoms with E-state index >= 15 is 0 Å². The summed E-state index contributed by atoms with van der Waals surface area (Å²) in [6.07, 6.45) is 0.519. The molecule has 2 aromatic carbocycles. The van der Waals surface area contributed by atoms with E-state index in [4.69, 9.17) is 11.6 Å².